The van der Waals surface area contributed by atoms with Gasteiger partial charge in [0.2, 0.25) is 4.96 Å². The highest BCUT2D eigenvalue weighted by Crippen LogP contribution is 2.36. The van der Waals surface area contributed by atoms with Gasteiger partial charge in [0.1, 0.15) is 12.4 Å². The summed E-state index contributed by atoms with van der Waals surface area (Å²) in [6.45, 7) is 0.426. The minimum absolute atomic E-state index is 0.250. The molecule has 0 bridgehead atoms. The van der Waals surface area contributed by atoms with Crippen LogP contribution in [0, 0.1) is 0 Å². The van der Waals surface area contributed by atoms with Crippen LogP contribution in [0.15, 0.2) is 48.5 Å². The van der Waals surface area contributed by atoms with Crippen LogP contribution in [0.2, 0.25) is 0 Å². The molecule has 5 rings (SSSR count). The second kappa shape index (κ2) is 6.55. The van der Waals surface area contributed by atoms with Gasteiger partial charge in [0.25, 0.3) is 0 Å². The monoisotopic (exact) mass is 380 g/mol. The third-order valence-electron chi connectivity index (χ3n) is 4.38. The summed E-state index contributed by atoms with van der Waals surface area (Å²) in [6, 6.07) is 15.6. The summed E-state index contributed by atoms with van der Waals surface area (Å²) in [6.07, 6.45) is 0.388. The Morgan fingerprint density at radius 1 is 1.11 bits per heavy atom. The molecule has 0 spiro atoms. The second-order valence-corrected chi connectivity index (χ2v) is 7.13. The van der Waals surface area contributed by atoms with E-state index in [1.165, 1.54) is 11.3 Å². The van der Waals surface area contributed by atoms with Crippen molar-refractivity contribution in [3.63, 3.8) is 0 Å². The molecule has 136 valence electrons. The maximum absolute atomic E-state index is 6.05. The molecule has 1 atom stereocenters. The maximum Gasteiger partial charge on any atom is 0.234 e. The summed E-state index contributed by atoms with van der Waals surface area (Å²) in [7, 11) is 1.66. The zero-order valence-corrected chi connectivity index (χ0v) is 15.3. The van der Waals surface area contributed by atoms with Gasteiger partial charge in [0.15, 0.2) is 28.4 Å². The average Bonchev–Trinajstić information content (AvgIpc) is 3.30. The van der Waals surface area contributed by atoms with Crippen molar-refractivity contribution in [2.24, 2.45) is 0 Å². The van der Waals surface area contributed by atoms with Gasteiger partial charge in [0, 0.05) is 6.42 Å². The lowest BCUT2D eigenvalue weighted by atomic mass is 10.1. The topological polar surface area (TPSA) is 70.8 Å². The third kappa shape index (κ3) is 2.97. The van der Waals surface area contributed by atoms with E-state index in [9.17, 15) is 0 Å². The number of fused-ring (bicyclic) bond motifs is 2. The summed E-state index contributed by atoms with van der Waals surface area (Å²) in [5.74, 6) is 3.11. The summed E-state index contributed by atoms with van der Waals surface area (Å²) >= 11 is 1.47. The molecule has 3 heterocycles. The summed E-state index contributed by atoms with van der Waals surface area (Å²) in [5.41, 5.74) is 1.12. The number of nitrogens with zero attached hydrogens (tertiary/aromatic N) is 4. The molecular weight excluding hydrogens is 364 g/mol. The number of benzene rings is 2. The molecular formula is C19H16N4O3S. The zero-order chi connectivity index (χ0) is 18.2. The van der Waals surface area contributed by atoms with Crippen molar-refractivity contribution in [2.45, 2.75) is 12.5 Å². The van der Waals surface area contributed by atoms with Crippen LogP contribution < -0.4 is 14.2 Å². The SMILES string of the molecule is COc1ccc(Cc2nnc3sc([C@@H]4COc5ccccc5O4)nn23)cc1. The van der Waals surface area contributed by atoms with Crippen molar-refractivity contribution in [1.29, 1.82) is 0 Å². The fraction of sp³-hybridized carbons (Fsp3) is 0.211. The van der Waals surface area contributed by atoms with Gasteiger partial charge in [-0.3, -0.25) is 0 Å². The van der Waals surface area contributed by atoms with E-state index < -0.39 is 0 Å². The number of methoxy groups -OCH3 is 1. The van der Waals surface area contributed by atoms with E-state index >= 15 is 0 Å². The van der Waals surface area contributed by atoms with Gasteiger partial charge >= 0.3 is 0 Å². The van der Waals surface area contributed by atoms with Crippen LogP contribution in [0.5, 0.6) is 17.2 Å². The first kappa shape index (κ1) is 16.1. The number of hydrogen-bond acceptors (Lipinski definition) is 7. The summed E-state index contributed by atoms with van der Waals surface area (Å²) < 4.78 is 18.8. The van der Waals surface area contributed by atoms with Crippen LogP contribution in [0.1, 0.15) is 22.5 Å². The number of para-hydroxylation sites is 2. The van der Waals surface area contributed by atoms with E-state index in [0.29, 0.717) is 13.0 Å². The van der Waals surface area contributed by atoms with Gasteiger partial charge in [-0.1, -0.05) is 35.6 Å². The van der Waals surface area contributed by atoms with E-state index in [2.05, 4.69) is 15.3 Å². The van der Waals surface area contributed by atoms with Gasteiger partial charge in [-0.15, -0.1) is 10.2 Å². The summed E-state index contributed by atoms with van der Waals surface area (Å²) in [5, 5.41) is 14.0. The van der Waals surface area contributed by atoms with Crippen LogP contribution in [0.4, 0.5) is 0 Å². The van der Waals surface area contributed by atoms with E-state index in [-0.39, 0.29) is 6.10 Å². The molecule has 1 aliphatic heterocycles. The molecule has 0 radical (unpaired) electrons. The molecule has 4 aromatic rings. The lowest BCUT2D eigenvalue weighted by Gasteiger charge is -2.24. The lowest BCUT2D eigenvalue weighted by Crippen LogP contribution is -2.21. The van der Waals surface area contributed by atoms with Gasteiger partial charge in [-0.2, -0.15) is 9.61 Å². The highest BCUT2D eigenvalue weighted by Gasteiger charge is 2.26. The van der Waals surface area contributed by atoms with Crippen molar-refractivity contribution in [3.8, 4) is 17.2 Å². The highest BCUT2D eigenvalue weighted by atomic mass is 32.1. The van der Waals surface area contributed by atoms with Crippen LogP contribution in [-0.4, -0.2) is 33.5 Å². The van der Waals surface area contributed by atoms with Gasteiger partial charge in [-0.05, 0) is 29.8 Å². The Balaban J connectivity index is 1.40. The lowest BCUT2D eigenvalue weighted by molar-refractivity contribution is 0.0904. The largest absolute Gasteiger partial charge is 0.497 e. The van der Waals surface area contributed by atoms with Crippen LogP contribution in [-0.2, 0) is 6.42 Å². The maximum atomic E-state index is 6.05. The van der Waals surface area contributed by atoms with Crippen LogP contribution >= 0.6 is 11.3 Å². The molecule has 1 aliphatic rings. The predicted molar refractivity (Wildman–Crippen MR) is 99.8 cm³/mol. The molecule has 27 heavy (non-hydrogen) atoms. The van der Waals surface area contributed by atoms with Gasteiger partial charge < -0.3 is 14.2 Å². The fourth-order valence-corrected chi connectivity index (χ4v) is 3.85. The van der Waals surface area contributed by atoms with E-state index in [1.807, 2.05) is 48.5 Å². The Morgan fingerprint density at radius 3 is 2.74 bits per heavy atom. The summed E-state index contributed by atoms with van der Waals surface area (Å²) in [4.78, 5) is 0.746. The minimum atomic E-state index is -0.250. The molecule has 2 aromatic carbocycles. The van der Waals surface area contributed by atoms with Gasteiger partial charge in [0.05, 0.1) is 7.11 Å². The zero-order valence-electron chi connectivity index (χ0n) is 14.5. The Bertz CT molecular complexity index is 1090. The normalized spacial score (nSPS) is 15.8. The molecule has 0 aliphatic carbocycles. The van der Waals surface area contributed by atoms with Crippen molar-refractivity contribution in [1.82, 2.24) is 19.8 Å². The standard InChI is InChI=1S/C19H16N4O3S/c1-24-13-8-6-12(7-9-13)10-17-20-21-19-23(17)22-18(27-19)16-11-25-14-4-2-3-5-15(14)26-16/h2-9,16H,10-11H2,1H3/t16-/m0/s1. The molecule has 7 nitrogen and oxygen atoms in total. The second-order valence-electron chi connectivity index (χ2n) is 6.14. The fourth-order valence-electron chi connectivity index (χ4n) is 2.98. The smallest absolute Gasteiger partial charge is 0.234 e. The molecule has 8 heteroatoms. The highest BCUT2D eigenvalue weighted by molar-refractivity contribution is 7.16. The minimum Gasteiger partial charge on any atom is -0.497 e. The van der Waals surface area contributed by atoms with Crippen molar-refractivity contribution < 1.29 is 14.2 Å². The van der Waals surface area contributed by atoms with Crippen molar-refractivity contribution in [3.05, 3.63) is 64.9 Å². The Labute approximate surface area is 159 Å². The first-order valence-corrected chi connectivity index (χ1v) is 9.34. The number of hydrogen-bond donors (Lipinski definition) is 0. The Hall–Kier alpha value is -3.13. The number of rotatable bonds is 4. The Kier molecular flexibility index (Phi) is 3.90. The molecule has 2 aromatic heterocycles. The average molecular weight is 380 g/mol. The molecule has 0 unspecified atom stereocenters. The molecule has 0 N–H and O–H groups in total. The van der Waals surface area contributed by atoms with Crippen molar-refractivity contribution in [2.75, 3.05) is 13.7 Å². The first-order valence-electron chi connectivity index (χ1n) is 8.52. The molecule has 0 fully saturated rings. The number of aromatic nitrogens is 4. The molecule has 0 saturated heterocycles. The molecule has 0 amide bonds. The van der Waals surface area contributed by atoms with Gasteiger partial charge in [-0.25, -0.2) is 0 Å². The molecule has 0 saturated carbocycles. The van der Waals surface area contributed by atoms with E-state index in [0.717, 1.165) is 38.6 Å². The van der Waals surface area contributed by atoms with Crippen LogP contribution in [0.3, 0.4) is 0 Å². The van der Waals surface area contributed by atoms with Crippen LogP contribution in [0.25, 0.3) is 4.96 Å². The predicted octanol–water partition coefficient (Wildman–Crippen LogP) is 3.30. The van der Waals surface area contributed by atoms with E-state index in [4.69, 9.17) is 14.2 Å². The van der Waals surface area contributed by atoms with E-state index in [1.54, 1.807) is 11.6 Å². The quantitative estimate of drug-likeness (QED) is 0.541. The van der Waals surface area contributed by atoms with Crippen molar-refractivity contribution >= 4 is 16.3 Å². The Morgan fingerprint density at radius 2 is 1.93 bits per heavy atom. The first-order chi connectivity index (χ1) is 13.3. The number of ether oxygens (including phenoxy) is 3. The third-order valence-corrected chi connectivity index (χ3v) is 5.37.